The van der Waals surface area contributed by atoms with Crippen molar-refractivity contribution in [3.63, 3.8) is 0 Å². The maximum absolute atomic E-state index is 12.1. The molecular weight excluding hydrogens is 507 g/mol. The number of hydrogen-bond acceptors (Lipinski definition) is 2. The first-order chi connectivity index (χ1) is 11.9. The Hall–Kier alpha value is -0.830. The van der Waals surface area contributed by atoms with Crippen molar-refractivity contribution in [1.82, 2.24) is 15.5 Å². The van der Waals surface area contributed by atoms with Crippen LogP contribution in [0.3, 0.4) is 0 Å². The van der Waals surface area contributed by atoms with Crippen LogP contribution in [-0.2, 0) is 11.3 Å². The zero-order valence-corrected chi connectivity index (χ0v) is 19.9. The van der Waals surface area contributed by atoms with E-state index in [0.29, 0.717) is 6.54 Å². The fraction of sp³-hybridized carbons (Fsp3) is 0.579. The summed E-state index contributed by atoms with van der Waals surface area (Å²) in [5, 5.41) is 6.78. The Labute approximate surface area is 182 Å². The van der Waals surface area contributed by atoms with Crippen molar-refractivity contribution in [2.24, 2.45) is 10.9 Å². The third-order valence-electron chi connectivity index (χ3n) is 4.39. The standard InChI is InChI=1S/C19H29BrN4O.HI/c1-5-21-19(22-11-15-6-7-16(20)10-14(15)4)23-17-8-9-24(12-17)18(25)13(2)3;/h6-7,10,13,17H,5,8-9,11-12H2,1-4H3,(H2,21,22,23);1H. The van der Waals surface area contributed by atoms with E-state index in [9.17, 15) is 4.79 Å². The molecule has 26 heavy (non-hydrogen) atoms. The van der Waals surface area contributed by atoms with Gasteiger partial charge in [0.05, 0.1) is 6.54 Å². The van der Waals surface area contributed by atoms with E-state index in [0.717, 1.165) is 36.5 Å². The SMILES string of the molecule is CCNC(=NCc1ccc(Br)cc1C)NC1CCN(C(=O)C(C)C)C1.I. The van der Waals surface area contributed by atoms with Gasteiger partial charge >= 0.3 is 0 Å². The van der Waals surface area contributed by atoms with Gasteiger partial charge in [-0.05, 0) is 43.5 Å². The summed E-state index contributed by atoms with van der Waals surface area (Å²) in [5.74, 6) is 1.10. The molecule has 5 nitrogen and oxygen atoms in total. The van der Waals surface area contributed by atoms with Crippen molar-refractivity contribution in [2.45, 2.75) is 46.7 Å². The first kappa shape index (κ1) is 23.2. The predicted molar refractivity (Wildman–Crippen MR) is 122 cm³/mol. The number of amides is 1. The van der Waals surface area contributed by atoms with E-state index in [1.807, 2.05) is 24.8 Å². The third kappa shape index (κ3) is 6.72. The number of aryl methyl sites for hydroxylation is 1. The van der Waals surface area contributed by atoms with Gasteiger partial charge in [0.1, 0.15) is 0 Å². The fourth-order valence-corrected chi connectivity index (χ4v) is 3.43. The summed E-state index contributed by atoms with van der Waals surface area (Å²) in [6.45, 7) is 11.1. The van der Waals surface area contributed by atoms with Crippen LogP contribution in [0, 0.1) is 12.8 Å². The lowest BCUT2D eigenvalue weighted by Crippen LogP contribution is -2.45. The van der Waals surface area contributed by atoms with Crippen molar-refractivity contribution >= 4 is 51.8 Å². The monoisotopic (exact) mass is 536 g/mol. The lowest BCUT2D eigenvalue weighted by Gasteiger charge is -2.20. The quantitative estimate of drug-likeness (QED) is 0.343. The molecule has 1 fully saturated rings. The molecule has 0 aromatic heterocycles. The van der Waals surface area contributed by atoms with Crippen LogP contribution >= 0.6 is 39.9 Å². The minimum Gasteiger partial charge on any atom is -0.357 e. The number of likely N-dealkylation sites (tertiary alicyclic amines) is 1. The number of nitrogens with zero attached hydrogens (tertiary/aromatic N) is 2. The van der Waals surface area contributed by atoms with E-state index in [1.165, 1.54) is 11.1 Å². The highest BCUT2D eigenvalue weighted by Crippen LogP contribution is 2.17. The van der Waals surface area contributed by atoms with Crippen molar-refractivity contribution in [3.8, 4) is 0 Å². The molecule has 2 rings (SSSR count). The largest absolute Gasteiger partial charge is 0.357 e. The average Bonchev–Trinajstić information content (AvgIpc) is 3.01. The molecule has 0 aliphatic carbocycles. The molecule has 1 aliphatic heterocycles. The third-order valence-corrected chi connectivity index (χ3v) is 4.88. The highest BCUT2D eigenvalue weighted by atomic mass is 127. The summed E-state index contributed by atoms with van der Waals surface area (Å²) < 4.78 is 1.09. The zero-order chi connectivity index (χ0) is 18.4. The summed E-state index contributed by atoms with van der Waals surface area (Å²) in [5.41, 5.74) is 2.44. The molecule has 1 amide bonds. The number of benzene rings is 1. The Morgan fingerprint density at radius 2 is 2.15 bits per heavy atom. The molecule has 1 saturated heterocycles. The van der Waals surface area contributed by atoms with Crippen LogP contribution in [0.2, 0.25) is 0 Å². The van der Waals surface area contributed by atoms with Gasteiger partial charge in [-0.1, -0.05) is 35.8 Å². The number of hydrogen-bond donors (Lipinski definition) is 2. The Kier molecular flexibility index (Phi) is 9.92. The number of nitrogens with one attached hydrogen (secondary N) is 2. The minimum atomic E-state index is 0. The first-order valence-electron chi connectivity index (χ1n) is 8.99. The molecule has 1 aromatic carbocycles. The number of carbonyl (C=O) groups is 1. The maximum atomic E-state index is 12.1. The van der Waals surface area contributed by atoms with Crippen LogP contribution in [0.1, 0.15) is 38.3 Å². The Morgan fingerprint density at radius 3 is 2.77 bits per heavy atom. The molecular formula is C19H30BrIN4O. The Bertz CT molecular complexity index is 636. The average molecular weight is 537 g/mol. The fourth-order valence-electron chi connectivity index (χ4n) is 2.96. The summed E-state index contributed by atoms with van der Waals surface area (Å²) in [7, 11) is 0. The number of carbonyl (C=O) groups excluding carboxylic acids is 1. The molecule has 1 atom stereocenters. The van der Waals surface area contributed by atoms with E-state index >= 15 is 0 Å². The minimum absolute atomic E-state index is 0. The van der Waals surface area contributed by atoms with Gasteiger partial charge in [0, 0.05) is 36.1 Å². The van der Waals surface area contributed by atoms with Gasteiger partial charge in [0.25, 0.3) is 0 Å². The molecule has 7 heteroatoms. The van der Waals surface area contributed by atoms with E-state index in [-0.39, 0.29) is 41.8 Å². The number of halogens is 2. The molecule has 146 valence electrons. The number of aliphatic imine (C=N–C) groups is 1. The zero-order valence-electron chi connectivity index (χ0n) is 16.0. The molecule has 0 saturated carbocycles. The lowest BCUT2D eigenvalue weighted by atomic mass is 10.1. The summed E-state index contributed by atoms with van der Waals surface area (Å²) in [6, 6.07) is 6.51. The molecule has 0 spiro atoms. The van der Waals surface area contributed by atoms with Crippen LogP contribution in [0.25, 0.3) is 0 Å². The topological polar surface area (TPSA) is 56.7 Å². The van der Waals surface area contributed by atoms with Crippen molar-refractivity contribution < 1.29 is 4.79 Å². The Balaban J connectivity index is 0.00000338. The van der Waals surface area contributed by atoms with Gasteiger partial charge in [-0.25, -0.2) is 4.99 Å². The molecule has 1 aromatic rings. The summed E-state index contributed by atoms with van der Waals surface area (Å²) in [6.07, 6.45) is 0.959. The van der Waals surface area contributed by atoms with Gasteiger partial charge in [-0.3, -0.25) is 4.79 Å². The van der Waals surface area contributed by atoms with Crippen molar-refractivity contribution in [2.75, 3.05) is 19.6 Å². The van der Waals surface area contributed by atoms with Crippen LogP contribution in [-0.4, -0.2) is 42.4 Å². The maximum Gasteiger partial charge on any atom is 0.225 e. The van der Waals surface area contributed by atoms with Gasteiger partial charge in [-0.2, -0.15) is 0 Å². The Morgan fingerprint density at radius 1 is 1.42 bits per heavy atom. The van der Waals surface area contributed by atoms with E-state index in [1.54, 1.807) is 0 Å². The molecule has 0 radical (unpaired) electrons. The van der Waals surface area contributed by atoms with Gasteiger partial charge in [0.15, 0.2) is 5.96 Å². The number of rotatable bonds is 5. The predicted octanol–water partition coefficient (Wildman–Crippen LogP) is 3.69. The lowest BCUT2D eigenvalue weighted by molar-refractivity contribution is -0.133. The molecule has 2 N–H and O–H groups in total. The smallest absolute Gasteiger partial charge is 0.225 e. The van der Waals surface area contributed by atoms with Crippen LogP contribution in [0.15, 0.2) is 27.7 Å². The van der Waals surface area contributed by atoms with Gasteiger partial charge < -0.3 is 15.5 Å². The van der Waals surface area contributed by atoms with Crippen LogP contribution in [0.4, 0.5) is 0 Å². The van der Waals surface area contributed by atoms with E-state index in [4.69, 9.17) is 4.99 Å². The summed E-state index contributed by atoms with van der Waals surface area (Å²) in [4.78, 5) is 18.8. The highest BCUT2D eigenvalue weighted by Gasteiger charge is 2.27. The van der Waals surface area contributed by atoms with Gasteiger partial charge in [0.2, 0.25) is 5.91 Å². The molecule has 1 heterocycles. The highest BCUT2D eigenvalue weighted by molar-refractivity contribution is 14.0. The number of guanidine groups is 1. The van der Waals surface area contributed by atoms with Crippen molar-refractivity contribution in [3.05, 3.63) is 33.8 Å². The van der Waals surface area contributed by atoms with E-state index in [2.05, 4.69) is 52.5 Å². The normalized spacial score (nSPS) is 17.2. The molecule has 1 aliphatic rings. The molecule has 0 bridgehead atoms. The van der Waals surface area contributed by atoms with Crippen molar-refractivity contribution in [1.29, 1.82) is 0 Å². The first-order valence-corrected chi connectivity index (χ1v) is 9.78. The van der Waals surface area contributed by atoms with Crippen LogP contribution < -0.4 is 10.6 Å². The summed E-state index contributed by atoms with van der Waals surface area (Å²) >= 11 is 3.49. The molecule has 1 unspecified atom stereocenters. The van der Waals surface area contributed by atoms with Crippen LogP contribution in [0.5, 0.6) is 0 Å². The second-order valence-corrected chi connectivity index (χ2v) is 7.75. The second kappa shape index (κ2) is 11.1. The van der Waals surface area contributed by atoms with Gasteiger partial charge in [-0.15, -0.1) is 24.0 Å². The van der Waals surface area contributed by atoms with E-state index < -0.39 is 0 Å². The second-order valence-electron chi connectivity index (χ2n) is 6.83.